The number of piperazine rings is 1. The Morgan fingerprint density at radius 3 is 2.62 bits per heavy atom. The number of rotatable bonds is 4. The SMILES string of the molecule is O=C(COc1ccccc1)N1CCN(C2CCNC2)CC1. The van der Waals surface area contributed by atoms with Gasteiger partial charge in [0.05, 0.1) is 0 Å². The maximum absolute atomic E-state index is 12.2. The number of carbonyl (C=O) groups excluding carboxylic acids is 1. The summed E-state index contributed by atoms with van der Waals surface area (Å²) in [6, 6.07) is 10.2. The molecule has 0 radical (unpaired) electrons. The van der Waals surface area contributed by atoms with Crippen molar-refractivity contribution >= 4 is 5.91 Å². The molecule has 2 aliphatic rings. The van der Waals surface area contributed by atoms with Gasteiger partial charge in [-0.25, -0.2) is 0 Å². The van der Waals surface area contributed by atoms with Gasteiger partial charge in [0.2, 0.25) is 0 Å². The molecule has 0 aromatic heterocycles. The number of ether oxygens (including phenoxy) is 1. The van der Waals surface area contributed by atoms with Crippen LogP contribution >= 0.6 is 0 Å². The van der Waals surface area contributed by atoms with Gasteiger partial charge in [-0.3, -0.25) is 9.69 Å². The maximum Gasteiger partial charge on any atom is 0.260 e. The van der Waals surface area contributed by atoms with Crippen LogP contribution in [0.5, 0.6) is 5.75 Å². The number of amides is 1. The van der Waals surface area contributed by atoms with Crippen molar-refractivity contribution in [2.45, 2.75) is 12.5 Å². The third kappa shape index (κ3) is 3.74. The van der Waals surface area contributed by atoms with E-state index in [0.717, 1.165) is 45.0 Å². The minimum atomic E-state index is 0.0862. The molecule has 3 rings (SSSR count). The Bertz CT molecular complexity index is 452. The largest absolute Gasteiger partial charge is 0.484 e. The zero-order chi connectivity index (χ0) is 14.5. The Kier molecular flexibility index (Phi) is 4.72. The van der Waals surface area contributed by atoms with Crippen molar-refractivity contribution in [2.75, 3.05) is 45.9 Å². The van der Waals surface area contributed by atoms with Gasteiger partial charge in [0.25, 0.3) is 5.91 Å². The predicted molar refractivity (Wildman–Crippen MR) is 81.4 cm³/mol. The molecule has 0 aliphatic carbocycles. The van der Waals surface area contributed by atoms with Crippen LogP contribution in [-0.4, -0.2) is 67.6 Å². The van der Waals surface area contributed by atoms with Crippen LogP contribution in [0.2, 0.25) is 0 Å². The smallest absolute Gasteiger partial charge is 0.260 e. The summed E-state index contributed by atoms with van der Waals surface area (Å²) < 4.78 is 5.53. The fourth-order valence-corrected chi connectivity index (χ4v) is 3.04. The van der Waals surface area contributed by atoms with E-state index < -0.39 is 0 Å². The lowest BCUT2D eigenvalue weighted by atomic mass is 10.2. The topological polar surface area (TPSA) is 44.8 Å². The number of nitrogens with zero attached hydrogens (tertiary/aromatic N) is 2. The molecule has 21 heavy (non-hydrogen) atoms. The Morgan fingerprint density at radius 2 is 1.95 bits per heavy atom. The Labute approximate surface area is 125 Å². The average molecular weight is 289 g/mol. The molecule has 0 bridgehead atoms. The molecule has 2 saturated heterocycles. The van der Waals surface area contributed by atoms with E-state index >= 15 is 0 Å². The zero-order valence-electron chi connectivity index (χ0n) is 12.3. The first-order valence-corrected chi connectivity index (χ1v) is 7.73. The van der Waals surface area contributed by atoms with E-state index in [1.807, 2.05) is 35.2 Å². The average Bonchev–Trinajstić information content (AvgIpc) is 3.08. The quantitative estimate of drug-likeness (QED) is 0.880. The first-order valence-electron chi connectivity index (χ1n) is 7.73. The normalized spacial score (nSPS) is 23.2. The molecule has 1 unspecified atom stereocenters. The summed E-state index contributed by atoms with van der Waals surface area (Å²) >= 11 is 0. The molecule has 0 spiro atoms. The summed E-state index contributed by atoms with van der Waals surface area (Å²) in [6.07, 6.45) is 1.23. The first-order chi connectivity index (χ1) is 10.3. The molecule has 2 heterocycles. The van der Waals surface area contributed by atoms with Crippen LogP contribution in [0.25, 0.3) is 0 Å². The lowest BCUT2D eigenvalue weighted by molar-refractivity contribution is -0.135. The second-order valence-corrected chi connectivity index (χ2v) is 5.67. The van der Waals surface area contributed by atoms with E-state index in [4.69, 9.17) is 4.74 Å². The molecule has 1 N–H and O–H groups in total. The number of benzene rings is 1. The van der Waals surface area contributed by atoms with Gasteiger partial charge in [-0.15, -0.1) is 0 Å². The van der Waals surface area contributed by atoms with Crippen molar-refractivity contribution in [2.24, 2.45) is 0 Å². The van der Waals surface area contributed by atoms with Crippen molar-refractivity contribution in [3.63, 3.8) is 0 Å². The van der Waals surface area contributed by atoms with E-state index in [-0.39, 0.29) is 12.5 Å². The summed E-state index contributed by atoms with van der Waals surface area (Å²) in [5, 5.41) is 3.40. The molecule has 5 nitrogen and oxygen atoms in total. The molecule has 1 aromatic carbocycles. The maximum atomic E-state index is 12.2. The highest BCUT2D eigenvalue weighted by Gasteiger charge is 2.27. The summed E-state index contributed by atoms with van der Waals surface area (Å²) in [5.41, 5.74) is 0. The summed E-state index contributed by atoms with van der Waals surface area (Å²) in [7, 11) is 0. The number of para-hydroxylation sites is 1. The second-order valence-electron chi connectivity index (χ2n) is 5.67. The van der Waals surface area contributed by atoms with Gasteiger partial charge < -0.3 is 15.0 Å². The van der Waals surface area contributed by atoms with Crippen LogP contribution in [-0.2, 0) is 4.79 Å². The highest BCUT2D eigenvalue weighted by Crippen LogP contribution is 2.13. The fraction of sp³-hybridized carbons (Fsp3) is 0.562. The monoisotopic (exact) mass is 289 g/mol. The molecule has 0 saturated carbocycles. The van der Waals surface area contributed by atoms with Crippen molar-refractivity contribution < 1.29 is 9.53 Å². The van der Waals surface area contributed by atoms with Gasteiger partial charge in [-0.1, -0.05) is 18.2 Å². The van der Waals surface area contributed by atoms with Crippen LogP contribution in [0.4, 0.5) is 0 Å². The predicted octanol–water partition coefficient (Wildman–Crippen LogP) is 0.572. The van der Waals surface area contributed by atoms with Crippen LogP contribution in [0.3, 0.4) is 0 Å². The second kappa shape index (κ2) is 6.91. The Hall–Kier alpha value is -1.59. The van der Waals surface area contributed by atoms with Crippen LogP contribution in [0.15, 0.2) is 30.3 Å². The van der Waals surface area contributed by atoms with E-state index in [0.29, 0.717) is 6.04 Å². The molecule has 1 amide bonds. The Morgan fingerprint density at radius 1 is 1.19 bits per heavy atom. The van der Waals surface area contributed by atoms with Gasteiger partial charge >= 0.3 is 0 Å². The molecule has 5 heteroatoms. The minimum Gasteiger partial charge on any atom is -0.484 e. The van der Waals surface area contributed by atoms with E-state index in [1.54, 1.807) is 0 Å². The standard InChI is InChI=1S/C16H23N3O2/c20-16(13-21-15-4-2-1-3-5-15)19-10-8-18(9-11-19)14-6-7-17-12-14/h1-5,14,17H,6-13H2. The highest BCUT2D eigenvalue weighted by atomic mass is 16.5. The van der Waals surface area contributed by atoms with Gasteiger partial charge in [-0.2, -0.15) is 0 Å². The molecular formula is C16H23N3O2. The van der Waals surface area contributed by atoms with Crippen LogP contribution < -0.4 is 10.1 Å². The zero-order valence-corrected chi connectivity index (χ0v) is 12.3. The van der Waals surface area contributed by atoms with Crippen molar-refractivity contribution in [3.8, 4) is 5.75 Å². The first kappa shape index (κ1) is 14.4. The van der Waals surface area contributed by atoms with Crippen LogP contribution in [0, 0.1) is 0 Å². The van der Waals surface area contributed by atoms with Gasteiger partial charge in [0, 0.05) is 38.8 Å². The number of hydrogen-bond acceptors (Lipinski definition) is 4. The third-order valence-corrected chi connectivity index (χ3v) is 4.32. The molecular weight excluding hydrogens is 266 g/mol. The Balaban J connectivity index is 1.42. The molecule has 2 fully saturated rings. The van der Waals surface area contributed by atoms with Crippen molar-refractivity contribution in [1.29, 1.82) is 0 Å². The van der Waals surface area contributed by atoms with Gasteiger partial charge in [-0.05, 0) is 25.1 Å². The fourth-order valence-electron chi connectivity index (χ4n) is 3.04. The van der Waals surface area contributed by atoms with E-state index in [1.165, 1.54) is 6.42 Å². The van der Waals surface area contributed by atoms with Crippen molar-refractivity contribution in [3.05, 3.63) is 30.3 Å². The van der Waals surface area contributed by atoms with Gasteiger partial charge in [0.15, 0.2) is 6.61 Å². The lowest BCUT2D eigenvalue weighted by Crippen LogP contribution is -2.53. The number of carbonyl (C=O) groups is 1. The highest BCUT2D eigenvalue weighted by molar-refractivity contribution is 5.77. The number of hydrogen-bond donors (Lipinski definition) is 1. The molecule has 1 aromatic rings. The van der Waals surface area contributed by atoms with Gasteiger partial charge in [0.1, 0.15) is 5.75 Å². The minimum absolute atomic E-state index is 0.0862. The lowest BCUT2D eigenvalue weighted by Gasteiger charge is -2.37. The molecule has 114 valence electrons. The van der Waals surface area contributed by atoms with Crippen LogP contribution in [0.1, 0.15) is 6.42 Å². The van der Waals surface area contributed by atoms with Crippen molar-refractivity contribution in [1.82, 2.24) is 15.1 Å². The summed E-state index contributed by atoms with van der Waals surface area (Å²) in [4.78, 5) is 16.6. The van der Waals surface area contributed by atoms with E-state index in [2.05, 4.69) is 10.2 Å². The third-order valence-electron chi connectivity index (χ3n) is 4.32. The number of nitrogens with one attached hydrogen (secondary N) is 1. The van der Waals surface area contributed by atoms with E-state index in [9.17, 15) is 4.79 Å². The molecule has 1 atom stereocenters. The molecule has 2 aliphatic heterocycles. The summed E-state index contributed by atoms with van der Waals surface area (Å²) in [5.74, 6) is 0.838. The summed E-state index contributed by atoms with van der Waals surface area (Å²) in [6.45, 7) is 5.92.